The SMILES string of the molecule is CC[C@@]12CCC3(C[C@@H]1CCOc1cc(C(=O)OC)ccc12)OCCO3. The van der Waals surface area contributed by atoms with Gasteiger partial charge in [-0.25, -0.2) is 4.79 Å². The van der Waals surface area contributed by atoms with Gasteiger partial charge in [0.1, 0.15) is 5.75 Å². The highest BCUT2D eigenvalue weighted by molar-refractivity contribution is 5.90. The second-order valence-corrected chi connectivity index (χ2v) is 7.36. The molecule has 5 nitrogen and oxygen atoms in total. The minimum Gasteiger partial charge on any atom is -0.493 e. The van der Waals surface area contributed by atoms with Crippen LogP contribution in [0.4, 0.5) is 0 Å². The lowest BCUT2D eigenvalue weighted by Gasteiger charge is -2.49. The molecule has 2 aliphatic heterocycles. The highest BCUT2D eigenvalue weighted by atomic mass is 16.7. The summed E-state index contributed by atoms with van der Waals surface area (Å²) in [4.78, 5) is 11.9. The van der Waals surface area contributed by atoms with Crippen molar-refractivity contribution in [2.45, 2.75) is 50.2 Å². The zero-order valence-corrected chi connectivity index (χ0v) is 15.0. The van der Waals surface area contributed by atoms with Gasteiger partial charge in [-0.1, -0.05) is 13.0 Å². The van der Waals surface area contributed by atoms with Crippen LogP contribution in [0.15, 0.2) is 18.2 Å². The van der Waals surface area contributed by atoms with Crippen molar-refractivity contribution in [3.8, 4) is 5.75 Å². The van der Waals surface area contributed by atoms with Crippen molar-refractivity contribution in [1.29, 1.82) is 0 Å². The number of hydrogen-bond acceptors (Lipinski definition) is 5. The fraction of sp³-hybridized carbons (Fsp3) is 0.650. The molecule has 1 aliphatic carbocycles. The van der Waals surface area contributed by atoms with E-state index in [9.17, 15) is 4.79 Å². The Morgan fingerprint density at radius 3 is 2.76 bits per heavy atom. The van der Waals surface area contributed by atoms with Crippen molar-refractivity contribution in [3.63, 3.8) is 0 Å². The lowest BCUT2D eigenvalue weighted by molar-refractivity contribution is -0.199. The van der Waals surface area contributed by atoms with Crippen molar-refractivity contribution < 1.29 is 23.7 Å². The number of esters is 1. The van der Waals surface area contributed by atoms with E-state index in [1.54, 1.807) is 0 Å². The number of benzene rings is 1. The summed E-state index contributed by atoms with van der Waals surface area (Å²) < 4.78 is 22.9. The Morgan fingerprint density at radius 1 is 1.24 bits per heavy atom. The average molecular weight is 346 g/mol. The number of methoxy groups -OCH3 is 1. The quantitative estimate of drug-likeness (QED) is 0.768. The predicted molar refractivity (Wildman–Crippen MR) is 91.8 cm³/mol. The largest absolute Gasteiger partial charge is 0.493 e. The van der Waals surface area contributed by atoms with Gasteiger partial charge < -0.3 is 18.9 Å². The van der Waals surface area contributed by atoms with E-state index in [2.05, 4.69) is 13.0 Å². The Labute approximate surface area is 148 Å². The standard InChI is InChI=1S/C20H26O5/c1-3-19-7-8-20(24-10-11-25-20)13-15(19)6-9-23-17-12-14(18(21)22-2)4-5-16(17)19/h4-5,12,15H,3,6-11,13H2,1-2H3/t15-,19+/m0/s1. The summed E-state index contributed by atoms with van der Waals surface area (Å²) in [5, 5.41) is 0. The maximum atomic E-state index is 11.9. The molecule has 0 amide bonds. The van der Waals surface area contributed by atoms with Gasteiger partial charge >= 0.3 is 5.97 Å². The van der Waals surface area contributed by atoms with Crippen LogP contribution in [0, 0.1) is 5.92 Å². The molecule has 4 rings (SSSR count). The van der Waals surface area contributed by atoms with E-state index in [0.29, 0.717) is 31.3 Å². The molecule has 0 aromatic heterocycles. The van der Waals surface area contributed by atoms with Gasteiger partial charge in [0.05, 0.1) is 32.5 Å². The third kappa shape index (κ3) is 2.64. The first-order chi connectivity index (χ1) is 12.1. The molecule has 2 fully saturated rings. The minimum absolute atomic E-state index is 0.0566. The second-order valence-electron chi connectivity index (χ2n) is 7.36. The third-order valence-corrected chi connectivity index (χ3v) is 6.40. The molecule has 0 radical (unpaired) electrons. The summed E-state index contributed by atoms with van der Waals surface area (Å²) in [5.74, 6) is 0.568. The summed E-state index contributed by atoms with van der Waals surface area (Å²) in [6.45, 7) is 4.30. The van der Waals surface area contributed by atoms with Gasteiger partial charge in [-0.15, -0.1) is 0 Å². The zero-order chi connectivity index (χ0) is 17.5. The lowest BCUT2D eigenvalue weighted by Crippen LogP contribution is -2.48. The van der Waals surface area contributed by atoms with Gasteiger partial charge in [0, 0.05) is 23.8 Å². The number of hydrogen-bond donors (Lipinski definition) is 0. The molecule has 3 aliphatic rings. The number of rotatable bonds is 2. The molecule has 5 heteroatoms. The van der Waals surface area contributed by atoms with Crippen LogP contribution in [0.3, 0.4) is 0 Å². The van der Waals surface area contributed by atoms with E-state index in [1.807, 2.05) is 12.1 Å². The molecule has 0 N–H and O–H groups in total. The lowest BCUT2D eigenvalue weighted by atomic mass is 9.59. The number of ether oxygens (including phenoxy) is 4. The summed E-state index contributed by atoms with van der Waals surface area (Å²) in [5.41, 5.74) is 1.82. The molecule has 2 heterocycles. The van der Waals surface area contributed by atoms with E-state index in [-0.39, 0.29) is 17.2 Å². The molecule has 25 heavy (non-hydrogen) atoms. The first-order valence-electron chi connectivity index (χ1n) is 9.26. The normalized spacial score (nSPS) is 30.1. The molecule has 1 aromatic carbocycles. The van der Waals surface area contributed by atoms with Crippen LogP contribution in [-0.4, -0.2) is 38.7 Å². The van der Waals surface area contributed by atoms with Gasteiger partial charge in [-0.05, 0) is 37.3 Å². The van der Waals surface area contributed by atoms with Gasteiger partial charge in [-0.2, -0.15) is 0 Å². The Kier molecular flexibility index (Phi) is 4.24. The average Bonchev–Trinajstić information content (AvgIpc) is 3.03. The van der Waals surface area contributed by atoms with Crippen LogP contribution in [0.5, 0.6) is 5.75 Å². The van der Waals surface area contributed by atoms with Crippen LogP contribution < -0.4 is 4.74 Å². The summed E-state index contributed by atoms with van der Waals surface area (Å²) in [6.07, 6.45) is 4.87. The molecule has 0 bridgehead atoms. The fourth-order valence-corrected chi connectivity index (χ4v) is 5.05. The molecule has 2 atom stereocenters. The molecule has 1 saturated heterocycles. The maximum Gasteiger partial charge on any atom is 0.337 e. The monoisotopic (exact) mass is 346 g/mol. The Bertz CT molecular complexity index is 664. The molecule has 136 valence electrons. The van der Waals surface area contributed by atoms with E-state index < -0.39 is 0 Å². The van der Waals surface area contributed by atoms with Gasteiger partial charge in [-0.3, -0.25) is 0 Å². The molecule has 1 saturated carbocycles. The summed E-state index contributed by atoms with van der Waals surface area (Å²) in [7, 11) is 1.40. The van der Waals surface area contributed by atoms with Crippen molar-refractivity contribution in [2.24, 2.45) is 5.92 Å². The van der Waals surface area contributed by atoms with E-state index in [1.165, 1.54) is 12.7 Å². The smallest absolute Gasteiger partial charge is 0.337 e. The van der Waals surface area contributed by atoms with E-state index >= 15 is 0 Å². The first-order valence-corrected chi connectivity index (χ1v) is 9.26. The fourth-order valence-electron chi connectivity index (χ4n) is 5.05. The van der Waals surface area contributed by atoms with Crippen molar-refractivity contribution >= 4 is 5.97 Å². The number of carbonyl (C=O) groups excluding carboxylic acids is 1. The summed E-state index contributed by atoms with van der Waals surface area (Å²) in [6, 6.07) is 5.77. The van der Waals surface area contributed by atoms with E-state index in [0.717, 1.165) is 37.9 Å². The molecular formula is C20H26O5. The number of carbonyl (C=O) groups is 1. The molecule has 1 spiro atoms. The van der Waals surface area contributed by atoms with Crippen LogP contribution >= 0.6 is 0 Å². The maximum absolute atomic E-state index is 11.9. The summed E-state index contributed by atoms with van der Waals surface area (Å²) >= 11 is 0. The number of fused-ring (bicyclic) bond motifs is 3. The van der Waals surface area contributed by atoms with Gasteiger partial charge in [0.15, 0.2) is 5.79 Å². The van der Waals surface area contributed by atoms with Crippen LogP contribution in [0.2, 0.25) is 0 Å². The zero-order valence-electron chi connectivity index (χ0n) is 15.0. The first kappa shape index (κ1) is 16.9. The highest BCUT2D eigenvalue weighted by Gasteiger charge is 2.53. The Morgan fingerprint density at radius 2 is 2.04 bits per heavy atom. The predicted octanol–water partition coefficient (Wildman–Crippen LogP) is 3.45. The van der Waals surface area contributed by atoms with Crippen LogP contribution in [-0.2, 0) is 19.6 Å². The Hall–Kier alpha value is -1.59. The third-order valence-electron chi connectivity index (χ3n) is 6.40. The van der Waals surface area contributed by atoms with Gasteiger partial charge in [0.2, 0.25) is 0 Å². The van der Waals surface area contributed by atoms with Crippen LogP contribution in [0.25, 0.3) is 0 Å². The van der Waals surface area contributed by atoms with Crippen LogP contribution in [0.1, 0.15) is 54.9 Å². The molecule has 0 unspecified atom stereocenters. The molecular weight excluding hydrogens is 320 g/mol. The minimum atomic E-state index is -0.389. The Balaban J connectivity index is 1.72. The topological polar surface area (TPSA) is 54.0 Å². The molecule has 1 aromatic rings. The van der Waals surface area contributed by atoms with Gasteiger partial charge in [0.25, 0.3) is 0 Å². The van der Waals surface area contributed by atoms with Crippen molar-refractivity contribution in [3.05, 3.63) is 29.3 Å². The van der Waals surface area contributed by atoms with E-state index in [4.69, 9.17) is 18.9 Å². The van der Waals surface area contributed by atoms with Crippen molar-refractivity contribution in [1.82, 2.24) is 0 Å². The van der Waals surface area contributed by atoms with Crippen molar-refractivity contribution in [2.75, 3.05) is 26.9 Å². The second kappa shape index (κ2) is 6.29. The highest BCUT2D eigenvalue weighted by Crippen LogP contribution is 2.55.